The molecular weight excluding hydrogens is 629 g/mol. The third-order valence-corrected chi connectivity index (χ3v) is 10.7. The Morgan fingerprint density at radius 2 is 0.654 bits per heavy atom. The van der Waals surface area contributed by atoms with Gasteiger partial charge in [0.05, 0.1) is 11.4 Å². The van der Waals surface area contributed by atoms with Crippen LogP contribution in [0, 0.1) is 27.7 Å². The van der Waals surface area contributed by atoms with Gasteiger partial charge in [-0.2, -0.15) is 0 Å². The lowest BCUT2D eigenvalue weighted by atomic mass is 9.83. The van der Waals surface area contributed by atoms with Crippen LogP contribution in [0.25, 0.3) is 32.3 Å². The maximum absolute atomic E-state index is 2.51. The van der Waals surface area contributed by atoms with Crippen molar-refractivity contribution in [2.24, 2.45) is 0 Å². The fourth-order valence-electron chi connectivity index (χ4n) is 8.26. The minimum atomic E-state index is 0.339. The molecule has 258 valence electrons. The molecule has 0 aliphatic carbocycles. The quantitative estimate of drug-likeness (QED) is 0.148. The zero-order chi connectivity index (χ0) is 36.3. The lowest BCUT2D eigenvalue weighted by Gasteiger charge is -2.31. The Kier molecular flexibility index (Phi) is 8.50. The van der Waals surface area contributed by atoms with Gasteiger partial charge in [0.2, 0.25) is 0 Å². The Hall–Kier alpha value is -5.60. The molecule has 0 heterocycles. The van der Waals surface area contributed by atoms with Crippen LogP contribution in [0.5, 0.6) is 0 Å². The fraction of sp³-hybridized carbons (Fsp3) is 0.200. The van der Waals surface area contributed by atoms with Crippen LogP contribution in [0.15, 0.2) is 133 Å². The Morgan fingerprint density at radius 3 is 0.923 bits per heavy atom. The van der Waals surface area contributed by atoms with E-state index < -0.39 is 0 Å². The van der Waals surface area contributed by atoms with E-state index in [-0.39, 0.29) is 0 Å². The third-order valence-electron chi connectivity index (χ3n) is 10.7. The highest BCUT2D eigenvalue weighted by atomic mass is 15.1. The highest BCUT2D eigenvalue weighted by Gasteiger charge is 2.26. The van der Waals surface area contributed by atoms with Crippen molar-refractivity contribution in [3.8, 4) is 0 Å². The van der Waals surface area contributed by atoms with Gasteiger partial charge in [-0.1, -0.05) is 88.4 Å². The topological polar surface area (TPSA) is 6.48 Å². The molecule has 8 aromatic carbocycles. The van der Waals surface area contributed by atoms with Gasteiger partial charge in [-0.15, -0.1) is 0 Å². The molecule has 52 heavy (non-hydrogen) atoms. The summed E-state index contributed by atoms with van der Waals surface area (Å²) in [5.41, 5.74) is 14.8. The highest BCUT2D eigenvalue weighted by Crippen LogP contribution is 2.51. The zero-order valence-electron chi connectivity index (χ0n) is 31.8. The molecule has 0 spiro atoms. The molecular formula is C50H48N2. The molecule has 0 fully saturated rings. The van der Waals surface area contributed by atoms with Crippen LogP contribution < -0.4 is 9.80 Å². The predicted octanol–water partition coefficient (Wildman–Crippen LogP) is 15.0. The SMILES string of the molecule is Cc1cccc(N(c2cccc(C)c2)c2ccc3c(C(C)C)cc4c(N(c5cccc(C)c5)c5cccc(C)c5)ccc5c(C(C)C)cc2c3c54)c1. The summed E-state index contributed by atoms with van der Waals surface area (Å²) >= 11 is 0. The average Bonchev–Trinajstić information content (AvgIpc) is 3.11. The van der Waals surface area contributed by atoms with Gasteiger partial charge in [-0.25, -0.2) is 0 Å². The second-order valence-corrected chi connectivity index (χ2v) is 15.4. The van der Waals surface area contributed by atoms with Crippen LogP contribution >= 0.6 is 0 Å². The predicted molar refractivity (Wildman–Crippen MR) is 227 cm³/mol. The molecule has 2 nitrogen and oxygen atoms in total. The normalized spacial score (nSPS) is 11.8. The summed E-state index contributed by atoms with van der Waals surface area (Å²) in [7, 11) is 0. The third kappa shape index (κ3) is 5.77. The van der Waals surface area contributed by atoms with E-state index in [1.54, 1.807) is 0 Å². The van der Waals surface area contributed by atoms with Gasteiger partial charge in [0.1, 0.15) is 0 Å². The van der Waals surface area contributed by atoms with Gasteiger partial charge >= 0.3 is 0 Å². The average molecular weight is 677 g/mol. The highest BCUT2D eigenvalue weighted by molar-refractivity contribution is 6.29. The summed E-state index contributed by atoms with van der Waals surface area (Å²) in [4.78, 5) is 4.94. The second kappa shape index (κ2) is 13.2. The molecule has 0 radical (unpaired) electrons. The molecule has 0 saturated heterocycles. The van der Waals surface area contributed by atoms with E-state index in [1.807, 2.05) is 0 Å². The minimum absolute atomic E-state index is 0.339. The first-order valence-corrected chi connectivity index (χ1v) is 18.7. The molecule has 0 bridgehead atoms. The van der Waals surface area contributed by atoms with Gasteiger partial charge in [0, 0.05) is 33.5 Å². The van der Waals surface area contributed by atoms with E-state index in [0.29, 0.717) is 11.8 Å². The summed E-state index contributed by atoms with van der Waals surface area (Å²) in [6.07, 6.45) is 0. The molecule has 0 aliphatic heterocycles. The lowest BCUT2D eigenvalue weighted by molar-refractivity contribution is 0.876. The van der Waals surface area contributed by atoms with Crippen LogP contribution in [0.3, 0.4) is 0 Å². The van der Waals surface area contributed by atoms with Crippen molar-refractivity contribution in [1.82, 2.24) is 0 Å². The summed E-state index contributed by atoms with van der Waals surface area (Å²) in [6.45, 7) is 18.1. The molecule has 0 aromatic heterocycles. The van der Waals surface area contributed by atoms with Gasteiger partial charge in [0.15, 0.2) is 0 Å². The van der Waals surface area contributed by atoms with Gasteiger partial charge < -0.3 is 9.80 Å². The molecule has 0 unspecified atom stereocenters. The van der Waals surface area contributed by atoms with Crippen molar-refractivity contribution in [3.05, 3.63) is 167 Å². The Bertz CT molecular complexity index is 2320. The number of hydrogen-bond acceptors (Lipinski definition) is 2. The number of anilines is 6. The van der Waals surface area contributed by atoms with Crippen molar-refractivity contribution < 1.29 is 0 Å². The van der Waals surface area contributed by atoms with Crippen molar-refractivity contribution in [3.63, 3.8) is 0 Å². The fourth-order valence-corrected chi connectivity index (χ4v) is 8.26. The minimum Gasteiger partial charge on any atom is -0.310 e. The van der Waals surface area contributed by atoms with Gasteiger partial charge in [-0.3, -0.25) is 0 Å². The molecule has 0 amide bonds. The summed E-state index contributed by atoms with van der Waals surface area (Å²) in [6, 6.07) is 50.2. The number of benzene rings is 8. The van der Waals surface area contributed by atoms with Crippen LogP contribution in [0.4, 0.5) is 34.1 Å². The van der Waals surface area contributed by atoms with E-state index in [4.69, 9.17) is 0 Å². The molecule has 0 saturated carbocycles. The number of rotatable bonds is 8. The van der Waals surface area contributed by atoms with Gasteiger partial charge in [-0.05, 0) is 167 Å². The summed E-state index contributed by atoms with van der Waals surface area (Å²) < 4.78 is 0. The Morgan fingerprint density at radius 1 is 0.346 bits per heavy atom. The molecule has 8 aromatic rings. The molecule has 0 N–H and O–H groups in total. The monoisotopic (exact) mass is 676 g/mol. The Balaban J connectivity index is 1.54. The summed E-state index contributed by atoms with van der Waals surface area (Å²) in [5, 5.41) is 7.95. The van der Waals surface area contributed by atoms with E-state index >= 15 is 0 Å². The first-order chi connectivity index (χ1) is 25.1. The van der Waals surface area contributed by atoms with Crippen LogP contribution in [0.2, 0.25) is 0 Å². The van der Waals surface area contributed by atoms with Gasteiger partial charge in [0.25, 0.3) is 0 Å². The first kappa shape index (κ1) is 33.5. The van der Waals surface area contributed by atoms with Crippen LogP contribution in [0.1, 0.15) is 72.9 Å². The molecule has 2 heteroatoms. The van der Waals surface area contributed by atoms with Crippen molar-refractivity contribution in [2.45, 2.75) is 67.2 Å². The second-order valence-electron chi connectivity index (χ2n) is 15.4. The molecule has 8 rings (SSSR count). The number of aryl methyl sites for hydroxylation is 4. The van der Waals surface area contributed by atoms with Crippen molar-refractivity contribution >= 4 is 66.4 Å². The van der Waals surface area contributed by atoms with E-state index in [1.165, 1.54) is 99.8 Å². The van der Waals surface area contributed by atoms with Crippen LogP contribution in [-0.2, 0) is 0 Å². The summed E-state index contributed by atoms with van der Waals surface area (Å²) in [5.74, 6) is 0.678. The number of nitrogens with zero attached hydrogens (tertiary/aromatic N) is 2. The molecule has 0 atom stereocenters. The van der Waals surface area contributed by atoms with E-state index in [0.717, 1.165) is 0 Å². The maximum Gasteiger partial charge on any atom is 0.0540 e. The van der Waals surface area contributed by atoms with Crippen molar-refractivity contribution in [1.29, 1.82) is 0 Å². The Labute approximate surface area is 309 Å². The van der Waals surface area contributed by atoms with Crippen LogP contribution in [-0.4, -0.2) is 0 Å². The maximum atomic E-state index is 2.51. The largest absolute Gasteiger partial charge is 0.310 e. The van der Waals surface area contributed by atoms with E-state index in [9.17, 15) is 0 Å². The van der Waals surface area contributed by atoms with E-state index in [2.05, 4.69) is 199 Å². The number of hydrogen-bond donors (Lipinski definition) is 0. The lowest BCUT2D eigenvalue weighted by Crippen LogP contribution is -2.13. The van der Waals surface area contributed by atoms with Crippen molar-refractivity contribution in [2.75, 3.05) is 9.80 Å². The molecule has 0 aliphatic rings. The first-order valence-electron chi connectivity index (χ1n) is 18.7. The smallest absolute Gasteiger partial charge is 0.0540 e. The standard InChI is InChI=1S/C50H48N2/c1-31(2)43-29-45-47(51(37-17-9-13-33(5)25-37)38-18-10-14-34(6)26-38)24-22-42-44(32(3)4)30-46-48(23-21-41(43)49(46)50(42)45)52(39-19-11-15-35(7)27-39)40-20-12-16-36(8)28-40/h9-32H,1-8H3. The zero-order valence-corrected chi connectivity index (χ0v) is 31.8.